The minimum atomic E-state index is -3.73. The SMILES string of the molecule is CC(=O)O[Si](OC(C)=O)(OC(C)=O)C(C)(C)C. The fourth-order valence-electron chi connectivity index (χ4n) is 1.09. The first kappa shape index (κ1) is 15.6. The van der Waals surface area contributed by atoms with Gasteiger partial charge in [-0.2, -0.15) is 0 Å². The first-order chi connectivity index (χ1) is 7.50. The highest BCUT2D eigenvalue weighted by Crippen LogP contribution is 2.38. The normalized spacial score (nSPS) is 11.6. The molecule has 0 saturated carbocycles. The van der Waals surface area contributed by atoms with Gasteiger partial charge in [0.2, 0.25) is 0 Å². The van der Waals surface area contributed by atoms with Crippen molar-refractivity contribution in [2.75, 3.05) is 0 Å². The van der Waals surface area contributed by atoms with Crippen LogP contribution in [0.25, 0.3) is 0 Å². The summed E-state index contributed by atoms with van der Waals surface area (Å²) < 4.78 is 15.1. The molecular formula is C10H18O6Si. The maximum Gasteiger partial charge on any atom is 0.710 e. The lowest BCUT2D eigenvalue weighted by molar-refractivity contribution is -0.149. The van der Waals surface area contributed by atoms with Crippen LogP contribution in [0.3, 0.4) is 0 Å². The molecule has 0 aliphatic carbocycles. The van der Waals surface area contributed by atoms with Gasteiger partial charge in [-0.05, 0) is 0 Å². The third kappa shape index (κ3) is 4.56. The van der Waals surface area contributed by atoms with E-state index in [1.807, 2.05) is 0 Å². The van der Waals surface area contributed by atoms with E-state index in [0.717, 1.165) is 0 Å². The first-order valence-corrected chi connectivity index (χ1v) is 6.81. The molecule has 0 radical (unpaired) electrons. The molecule has 0 fully saturated rings. The largest absolute Gasteiger partial charge is 0.710 e. The average molecular weight is 262 g/mol. The summed E-state index contributed by atoms with van der Waals surface area (Å²) in [5, 5.41) is -0.782. The smallest absolute Gasteiger partial charge is 0.455 e. The zero-order chi connectivity index (χ0) is 13.9. The molecule has 17 heavy (non-hydrogen) atoms. The summed E-state index contributed by atoms with van der Waals surface area (Å²) in [6.07, 6.45) is 0. The van der Waals surface area contributed by atoms with Crippen LogP contribution in [-0.2, 0) is 27.7 Å². The van der Waals surface area contributed by atoms with Crippen molar-refractivity contribution in [2.45, 2.75) is 46.6 Å². The van der Waals surface area contributed by atoms with Crippen LogP contribution >= 0.6 is 0 Å². The summed E-state index contributed by atoms with van der Waals surface area (Å²) in [6, 6.07) is 0. The second kappa shape index (κ2) is 5.31. The van der Waals surface area contributed by atoms with Crippen molar-refractivity contribution in [3.63, 3.8) is 0 Å². The van der Waals surface area contributed by atoms with E-state index in [1.165, 1.54) is 20.8 Å². The van der Waals surface area contributed by atoms with E-state index >= 15 is 0 Å². The highest BCUT2D eigenvalue weighted by Gasteiger charge is 2.62. The average Bonchev–Trinajstić information content (AvgIpc) is 1.96. The van der Waals surface area contributed by atoms with Crippen molar-refractivity contribution in [1.29, 1.82) is 0 Å². The summed E-state index contributed by atoms with van der Waals surface area (Å²) in [5.41, 5.74) is 0. The Balaban J connectivity index is 5.42. The molecule has 0 aromatic heterocycles. The number of carbonyl (C=O) groups excluding carboxylic acids is 3. The molecule has 0 spiro atoms. The van der Waals surface area contributed by atoms with Gasteiger partial charge in [0.15, 0.2) is 0 Å². The van der Waals surface area contributed by atoms with Crippen LogP contribution in [0.5, 0.6) is 0 Å². The zero-order valence-corrected chi connectivity index (χ0v) is 11.9. The summed E-state index contributed by atoms with van der Waals surface area (Å²) in [5.74, 6) is -1.97. The molecule has 0 unspecified atom stereocenters. The summed E-state index contributed by atoms with van der Waals surface area (Å²) in [4.78, 5) is 33.3. The number of carbonyl (C=O) groups is 3. The van der Waals surface area contributed by atoms with Gasteiger partial charge in [-0.15, -0.1) is 0 Å². The van der Waals surface area contributed by atoms with Crippen LogP contribution in [-0.4, -0.2) is 26.7 Å². The van der Waals surface area contributed by atoms with Gasteiger partial charge in [0.25, 0.3) is 17.9 Å². The molecule has 0 aliphatic rings. The molecule has 0 heterocycles. The van der Waals surface area contributed by atoms with Crippen molar-refractivity contribution in [1.82, 2.24) is 0 Å². The Morgan fingerprint density at radius 3 is 1.12 bits per heavy atom. The highest BCUT2D eigenvalue weighted by atomic mass is 28.4. The predicted octanol–water partition coefficient (Wildman–Crippen LogP) is 1.41. The van der Waals surface area contributed by atoms with Crippen LogP contribution in [0.15, 0.2) is 0 Å². The van der Waals surface area contributed by atoms with Gasteiger partial charge in [0.05, 0.1) is 5.04 Å². The standard InChI is InChI=1S/C10H18O6Si/c1-7(11)14-17(10(4,5)6,15-8(2)12)16-9(3)13/h1-6H3. The van der Waals surface area contributed by atoms with Crippen LogP contribution in [0.2, 0.25) is 5.04 Å². The molecule has 0 bridgehead atoms. The first-order valence-electron chi connectivity index (χ1n) is 5.09. The van der Waals surface area contributed by atoms with Gasteiger partial charge >= 0.3 is 8.80 Å². The number of hydrogen-bond donors (Lipinski definition) is 0. The molecule has 6 nitrogen and oxygen atoms in total. The van der Waals surface area contributed by atoms with E-state index in [-0.39, 0.29) is 0 Å². The molecule has 7 heteroatoms. The number of rotatable bonds is 3. The second-order valence-corrected chi connectivity index (χ2v) is 7.81. The molecule has 0 amide bonds. The van der Waals surface area contributed by atoms with E-state index in [2.05, 4.69) is 0 Å². The lowest BCUT2D eigenvalue weighted by Gasteiger charge is -2.35. The van der Waals surface area contributed by atoms with Crippen molar-refractivity contribution >= 4 is 26.7 Å². The lowest BCUT2D eigenvalue weighted by atomic mass is 10.3. The van der Waals surface area contributed by atoms with E-state index in [9.17, 15) is 14.4 Å². The molecule has 98 valence electrons. The van der Waals surface area contributed by atoms with Crippen molar-refractivity contribution in [3.05, 3.63) is 0 Å². The van der Waals surface area contributed by atoms with Gasteiger partial charge in [-0.3, -0.25) is 14.4 Å². The minimum Gasteiger partial charge on any atom is -0.455 e. The molecule has 0 aromatic carbocycles. The van der Waals surface area contributed by atoms with E-state index in [1.54, 1.807) is 20.8 Å². The maximum atomic E-state index is 11.1. The minimum absolute atomic E-state index is 0.658. The Bertz CT molecular complexity index is 289. The highest BCUT2D eigenvalue weighted by molar-refractivity contribution is 6.68. The molecule has 0 aliphatic heterocycles. The molecule has 0 atom stereocenters. The molecule has 0 aromatic rings. The Labute approximate surface area is 102 Å². The Morgan fingerprint density at radius 1 is 0.765 bits per heavy atom. The molecule has 0 rings (SSSR count). The van der Waals surface area contributed by atoms with Crippen molar-refractivity contribution < 1.29 is 27.7 Å². The summed E-state index contributed by atoms with van der Waals surface area (Å²) in [7, 11) is -3.73. The van der Waals surface area contributed by atoms with E-state index in [0.29, 0.717) is 0 Å². The van der Waals surface area contributed by atoms with Crippen LogP contribution < -0.4 is 0 Å². The number of hydrogen-bond acceptors (Lipinski definition) is 6. The summed E-state index contributed by atoms with van der Waals surface area (Å²) in [6.45, 7) is 8.53. The van der Waals surface area contributed by atoms with Crippen LogP contribution in [0, 0.1) is 0 Å². The Kier molecular flexibility index (Phi) is 4.88. The van der Waals surface area contributed by atoms with Crippen LogP contribution in [0.4, 0.5) is 0 Å². The Hall–Kier alpha value is -1.37. The van der Waals surface area contributed by atoms with Gasteiger partial charge in [0.1, 0.15) is 0 Å². The van der Waals surface area contributed by atoms with E-state index < -0.39 is 31.8 Å². The van der Waals surface area contributed by atoms with Crippen LogP contribution in [0.1, 0.15) is 41.5 Å². The van der Waals surface area contributed by atoms with Crippen molar-refractivity contribution in [3.8, 4) is 0 Å². The van der Waals surface area contributed by atoms with Gasteiger partial charge in [0, 0.05) is 20.8 Å². The van der Waals surface area contributed by atoms with Gasteiger partial charge < -0.3 is 13.3 Å². The monoisotopic (exact) mass is 262 g/mol. The zero-order valence-electron chi connectivity index (χ0n) is 10.9. The Morgan fingerprint density at radius 2 is 1.00 bits per heavy atom. The third-order valence-electron chi connectivity index (χ3n) is 1.75. The fraction of sp³-hybridized carbons (Fsp3) is 0.700. The maximum absolute atomic E-state index is 11.1. The summed E-state index contributed by atoms with van der Waals surface area (Å²) >= 11 is 0. The molecule has 0 saturated heterocycles. The van der Waals surface area contributed by atoms with Gasteiger partial charge in [-0.1, -0.05) is 20.8 Å². The molecule has 0 N–H and O–H groups in total. The molecular weight excluding hydrogens is 244 g/mol. The second-order valence-electron chi connectivity index (χ2n) is 4.59. The third-order valence-corrected chi connectivity index (χ3v) is 5.26. The fourth-order valence-corrected chi connectivity index (χ4v) is 3.27. The quantitative estimate of drug-likeness (QED) is 0.716. The predicted molar refractivity (Wildman–Crippen MR) is 60.8 cm³/mol. The van der Waals surface area contributed by atoms with E-state index in [4.69, 9.17) is 13.3 Å². The lowest BCUT2D eigenvalue weighted by Crippen LogP contribution is -2.56. The van der Waals surface area contributed by atoms with Crippen molar-refractivity contribution in [2.24, 2.45) is 0 Å². The topological polar surface area (TPSA) is 78.9 Å². The van der Waals surface area contributed by atoms with Gasteiger partial charge in [-0.25, -0.2) is 0 Å².